The lowest BCUT2D eigenvalue weighted by molar-refractivity contribution is -0.137. The van der Waals surface area contributed by atoms with E-state index in [1.54, 1.807) is 0 Å². The molecule has 1 heterocycles. The summed E-state index contributed by atoms with van der Waals surface area (Å²) in [4.78, 5) is 32.7. The van der Waals surface area contributed by atoms with E-state index >= 15 is 0 Å². The van der Waals surface area contributed by atoms with Crippen LogP contribution in [-0.4, -0.2) is 36.2 Å². The highest BCUT2D eigenvalue weighted by Crippen LogP contribution is 2.09. The van der Waals surface area contributed by atoms with E-state index in [0.717, 1.165) is 4.90 Å². The monoisotopic (exact) mass is 156 g/mol. The Morgan fingerprint density at radius 2 is 2.27 bits per heavy atom. The first kappa shape index (κ1) is 7.71. The number of amides is 3. The fourth-order valence-electron chi connectivity index (χ4n) is 0.968. The number of carbonyl (C=O) groups is 3. The summed E-state index contributed by atoms with van der Waals surface area (Å²) < 4.78 is 0. The van der Waals surface area contributed by atoms with Gasteiger partial charge in [-0.25, -0.2) is 0 Å². The van der Waals surface area contributed by atoms with E-state index in [2.05, 4.69) is 5.32 Å². The topological polar surface area (TPSA) is 66.5 Å². The minimum absolute atomic E-state index is 0.0775. The third-order valence-electron chi connectivity index (χ3n) is 1.65. The van der Waals surface area contributed by atoms with Crippen molar-refractivity contribution >= 4 is 18.2 Å². The summed E-state index contributed by atoms with van der Waals surface area (Å²) in [7, 11) is 1.40. The van der Waals surface area contributed by atoms with Crippen LogP contribution in [0.1, 0.15) is 6.42 Å². The van der Waals surface area contributed by atoms with Crippen molar-refractivity contribution in [2.24, 2.45) is 0 Å². The van der Waals surface area contributed by atoms with Crippen LogP contribution < -0.4 is 5.32 Å². The largest absolute Gasteiger partial charge is 0.346 e. The van der Waals surface area contributed by atoms with Crippen molar-refractivity contribution < 1.29 is 14.4 Å². The van der Waals surface area contributed by atoms with Gasteiger partial charge in [0.25, 0.3) is 5.91 Å². The molecule has 1 saturated heterocycles. The summed E-state index contributed by atoms with van der Waals surface area (Å²) in [5.41, 5.74) is 0. The minimum atomic E-state index is -0.648. The van der Waals surface area contributed by atoms with E-state index in [0.29, 0.717) is 6.41 Å². The highest BCUT2D eigenvalue weighted by molar-refractivity contribution is 6.05. The number of carbonyl (C=O) groups excluding carboxylic acids is 3. The molecule has 0 spiro atoms. The van der Waals surface area contributed by atoms with Gasteiger partial charge in [-0.05, 0) is 0 Å². The second-order valence-electron chi connectivity index (χ2n) is 2.33. The molecule has 1 unspecified atom stereocenters. The van der Waals surface area contributed by atoms with Crippen molar-refractivity contribution in [1.82, 2.24) is 10.2 Å². The maximum absolute atomic E-state index is 11.0. The van der Waals surface area contributed by atoms with Crippen molar-refractivity contribution in [3.8, 4) is 0 Å². The van der Waals surface area contributed by atoms with Crippen LogP contribution in [0.25, 0.3) is 0 Å². The molecule has 0 saturated carbocycles. The number of nitrogens with one attached hydrogen (secondary N) is 1. The molecule has 0 aromatic heterocycles. The molecule has 60 valence electrons. The lowest BCUT2D eigenvalue weighted by Crippen LogP contribution is -2.36. The second kappa shape index (κ2) is 2.69. The fraction of sp³-hybridized carbons (Fsp3) is 0.500. The van der Waals surface area contributed by atoms with Gasteiger partial charge in [0.15, 0.2) is 0 Å². The Kier molecular flexibility index (Phi) is 1.89. The van der Waals surface area contributed by atoms with Crippen molar-refractivity contribution in [3.05, 3.63) is 0 Å². The van der Waals surface area contributed by atoms with Gasteiger partial charge in [-0.3, -0.25) is 19.3 Å². The molecule has 0 aromatic carbocycles. The molecule has 1 aliphatic rings. The maximum Gasteiger partial charge on any atom is 0.252 e. The molecule has 5 nitrogen and oxygen atoms in total. The first-order valence-electron chi connectivity index (χ1n) is 3.17. The summed E-state index contributed by atoms with van der Waals surface area (Å²) in [6, 6.07) is -0.648. The molecular weight excluding hydrogens is 148 g/mol. The van der Waals surface area contributed by atoms with Crippen LogP contribution in [0, 0.1) is 0 Å². The van der Waals surface area contributed by atoms with Gasteiger partial charge in [-0.15, -0.1) is 0 Å². The van der Waals surface area contributed by atoms with E-state index < -0.39 is 6.04 Å². The van der Waals surface area contributed by atoms with E-state index in [9.17, 15) is 14.4 Å². The maximum atomic E-state index is 11.0. The second-order valence-corrected chi connectivity index (χ2v) is 2.33. The van der Waals surface area contributed by atoms with E-state index in [1.807, 2.05) is 0 Å². The van der Waals surface area contributed by atoms with Gasteiger partial charge < -0.3 is 5.32 Å². The summed E-state index contributed by atoms with van der Waals surface area (Å²) in [6.07, 6.45) is 0.503. The van der Waals surface area contributed by atoms with Gasteiger partial charge in [0.1, 0.15) is 6.04 Å². The van der Waals surface area contributed by atoms with Crippen LogP contribution in [-0.2, 0) is 14.4 Å². The summed E-state index contributed by atoms with van der Waals surface area (Å²) in [5.74, 6) is -0.601. The number of hydrogen-bond acceptors (Lipinski definition) is 3. The van der Waals surface area contributed by atoms with Crippen molar-refractivity contribution in [3.63, 3.8) is 0 Å². The Labute approximate surface area is 63.4 Å². The summed E-state index contributed by atoms with van der Waals surface area (Å²) in [5, 5.41) is 2.26. The zero-order valence-electron chi connectivity index (χ0n) is 6.03. The highest BCUT2D eigenvalue weighted by atomic mass is 16.2. The number of rotatable bonds is 2. The number of likely N-dealkylation sites (tertiary alicyclic amines) is 1. The number of nitrogens with zero attached hydrogens (tertiary/aromatic N) is 1. The zero-order valence-corrected chi connectivity index (χ0v) is 6.03. The number of likely N-dealkylation sites (N-methyl/N-ethyl adjacent to an activating group) is 1. The van der Waals surface area contributed by atoms with Crippen molar-refractivity contribution in [1.29, 1.82) is 0 Å². The Morgan fingerprint density at radius 1 is 1.64 bits per heavy atom. The Morgan fingerprint density at radius 3 is 2.64 bits per heavy atom. The predicted octanol–water partition coefficient (Wildman–Crippen LogP) is -1.51. The molecule has 0 aliphatic carbocycles. The zero-order chi connectivity index (χ0) is 8.43. The van der Waals surface area contributed by atoms with Crippen LogP contribution in [0.4, 0.5) is 0 Å². The molecule has 5 heteroatoms. The molecule has 1 rings (SSSR count). The lowest BCUT2D eigenvalue weighted by atomic mass is 10.2. The third-order valence-corrected chi connectivity index (χ3v) is 1.65. The van der Waals surface area contributed by atoms with Crippen LogP contribution in [0.2, 0.25) is 0 Å². The van der Waals surface area contributed by atoms with Crippen molar-refractivity contribution in [2.45, 2.75) is 12.5 Å². The van der Waals surface area contributed by atoms with Gasteiger partial charge in [0.05, 0.1) is 6.42 Å². The van der Waals surface area contributed by atoms with Gasteiger partial charge in [0.2, 0.25) is 12.3 Å². The quantitative estimate of drug-likeness (QED) is 0.390. The summed E-state index contributed by atoms with van der Waals surface area (Å²) >= 11 is 0. The number of imide groups is 1. The van der Waals surface area contributed by atoms with Gasteiger partial charge >= 0.3 is 0 Å². The Bertz CT molecular complexity index is 214. The van der Waals surface area contributed by atoms with E-state index in [4.69, 9.17) is 0 Å². The van der Waals surface area contributed by atoms with E-state index in [1.165, 1.54) is 7.05 Å². The molecule has 1 fully saturated rings. The Balaban J connectivity index is 2.66. The highest BCUT2D eigenvalue weighted by Gasteiger charge is 2.35. The molecule has 3 amide bonds. The van der Waals surface area contributed by atoms with Crippen LogP contribution in [0.15, 0.2) is 0 Å². The SMILES string of the molecule is CN1C(=O)CC(NC=O)C1=O. The van der Waals surface area contributed by atoms with Gasteiger partial charge in [-0.1, -0.05) is 0 Å². The van der Waals surface area contributed by atoms with Crippen LogP contribution in [0.3, 0.4) is 0 Å². The molecule has 1 aliphatic heterocycles. The standard InChI is InChI=1S/C6H8N2O3/c1-8-5(10)2-4(6(8)11)7-3-9/h3-4H,2H2,1H3,(H,7,9). The molecule has 1 atom stereocenters. The molecule has 1 N–H and O–H groups in total. The molecular formula is C6H8N2O3. The number of hydrogen-bond donors (Lipinski definition) is 1. The normalized spacial score (nSPS) is 24.1. The van der Waals surface area contributed by atoms with E-state index in [-0.39, 0.29) is 18.2 Å². The first-order chi connectivity index (χ1) is 5.16. The lowest BCUT2D eigenvalue weighted by Gasteiger charge is -2.06. The molecule has 0 aromatic rings. The average molecular weight is 156 g/mol. The molecule has 11 heavy (non-hydrogen) atoms. The molecule has 0 radical (unpaired) electrons. The van der Waals surface area contributed by atoms with Gasteiger partial charge in [-0.2, -0.15) is 0 Å². The van der Waals surface area contributed by atoms with Crippen LogP contribution >= 0.6 is 0 Å². The smallest absolute Gasteiger partial charge is 0.252 e. The van der Waals surface area contributed by atoms with Gasteiger partial charge in [0, 0.05) is 7.05 Å². The summed E-state index contributed by atoms with van der Waals surface area (Å²) in [6.45, 7) is 0. The molecule has 0 bridgehead atoms. The predicted molar refractivity (Wildman–Crippen MR) is 35.4 cm³/mol. The van der Waals surface area contributed by atoms with Crippen molar-refractivity contribution in [2.75, 3.05) is 7.05 Å². The Hall–Kier alpha value is -1.39. The first-order valence-corrected chi connectivity index (χ1v) is 3.17. The fourth-order valence-corrected chi connectivity index (χ4v) is 0.968. The third kappa shape index (κ3) is 1.21. The average Bonchev–Trinajstić information content (AvgIpc) is 2.19. The minimum Gasteiger partial charge on any atom is -0.346 e. The van der Waals surface area contributed by atoms with Crippen LogP contribution in [0.5, 0.6) is 0 Å².